The zero-order valence-electron chi connectivity index (χ0n) is 13.9. The third kappa shape index (κ3) is 2.68. The third-order valence-electron chi connectivity index (χ3n) is 4.91. The molecule has 4 nitrogen and oxygen atoms in total. The molecule has 122 valence electrons. The van der Waals surface area contributed by atoms with Crippen LogP contribution in [0.5, 0.6) is 0 Å². The average molecular weight is 319 g/mol. The highest BCUT2D eigenvalue weighted by Gasteiger charge is 2.33. The van der Waals surface area contributed by atoms with Crippen molar-refractivity contribution in [2.24, 2.45) is 7.05 Å². The maximum atomic E-state index is 12.4. The van der Waals surface area contributed by atoms with Crippen LogP contribution >= 0.6 is 0 Å². The lowest BCUT2D eigenvalue weighted by molar-refractivity contribution is -0.127. The summed E-state index contributed by atoms with van der Waals surface area (Å²) in [5, 5.41) is 0. The van der Waals surface area contributed by atoms with E-state index in [-0.39, 0.29) is 11.8 Å². The van der Waals surface area contributed by atoms with E-state index in [1.54, 1.807) is 0 Å². The van der Waals surface area contributed by atoms with Crippen LogP contribution < -0.4 is 0 Å². The Kier molecular flexibility index (Phi) is 3.81. The number of hydrogen-bond donors (Lipinski definition) is 0. The van der Waals surface area contributed by atoms with Gasteiger partial charge in [-0.05, 0) is 24.1 Å². The lowest BCUT2D eigenvalue weighted by atomic mass is 10.1. The molecule has 1 amide bonds. The number of likely N-dealkylation sites (tertiary alicyclic amines) is 1. The molecule has 1 aliphatic heterocycles. The van der Waals surface area contributed by atoms with Gasteiger partial charge in [-0.15, -0.1) is 0 Å². The van der Waals surface area contributed by atoms with Crippen LogP contribution in [0.1, 0.15) is 23.7 Å². The van der Waals surface area contributed by atoms with Gasteiger partial charge >= 0.3 is 0 Å². The number of para-hydroxylation sites is 2. The van der Waals surface area contributed by atoms with E-state index in [9.17, 15) is 4.79 Å². The van der Waals surface area contributed by atoms with Crippen LogP contribution in [0.4, 0.5) is 0 Å². The Hall–Kier alpha value is -2.62. The molecule has 1 saturated heterocycles. The van der Waals surface area contributed by atoms with Crippen molar-refractivity contribution in [2.75, 3.05) is 13.1 Å². The number of benzene rings is 2. The first kappa shape index (κ1) is 14.9. The number of amides is 1. The van der Waals surface area contributed by atoms with Crippen LogP contribution in [0.15, 0.2) is 54.6 Å². The molecule has 2 aromatic carbocycles. The molecule has 4 heteroatoms. The maximum absolute atomic E-state index is 12.4. The first-order valence-electron chi connectivity index (χ1n) is 8.45. The summed E-state index contributed by atoms with van der Waals surface area (Å²) in [5.41, 5.74) is 3.41. The van der Waals surface area contributed by atoms with Crippen molar-refractivity contribution in [1.29, 1.82) is 0 Å². The number of carbonyl (C=O) groups is 1. The molecule has 0 saturated carbocycles. The molecule has 1 unspecified atom stereocenters. The highest BCUT2D eigenvalue weighted by molar-refractivity contribution is 5.80. The summed E-state index contributed by atoms with van der Waals surface area (Å²) in [6.07, 6.45) is 1.47. The van der Waals surface area contributed by atoms with Gasteiger partial charge in [-0.25, -0.2) is 4.98 Å². The van der Waals surface area contributed by atoms with E-state index in [4.69, 9.17) is 4.98 Å². The summed E-state index contributed by atoms with van der Waals surface area (Å²) in [5.74, 6) is 1.44. The highest BCUT2D eigenvalue weighted by Crippen LogP contribution is 2.29. The fraction of sp³-hybridized carbons (Fsp3) is 0.300. The van der Waals surface area contributed by atoms with E-state index in [1.807, 2.05) is 48.3 Å². The predicted molar refractivity (Wildman–Crippen MR) is 94.8 cm³/mol. The van der Waals surface area contributed by atoms with Crippen LogP contribution in [0.3, 0.4) is 0 Å². The number of aryl methyl sites for hydroxylation is 1. The second-order valence-electron chi connectivity index (χ2n) is 6.49. The number of nitrogens with zero attached hydrogens (tertiary/aromatic N) is 3. The molecule has 1 fully saturated rings. The zero-order valence-corrected chi connectivity index (χ0v) is 13.9. The Balaban J connectivity index is 1.50. The van der Waals surface area contributed by atoms with E-state index < -0.39 is 0 Å². The van der Waals surface area contributed by atoms with Gasteiger partial charge in [-0.1, -0.05) is 42.5 Å². The molecule has 1 aromatic heterocycles. The summed E-state index contributed by atoms with van der Waals surface area (Å²) >= 11 is 0. The molecular weight excluding hydrogens is 298 g/mol. The topological polar surface area (TPSA) is 38.1 Å². The Bertz CT molecular complexity index is 869. The van der Waals surface area contributed by atoms with Gasteiger partial charge < -0.3 is 9.47 Å². The number of fused-ring (bicyclic) bond motifs is 1. The normalized spacial score (nSPS) is 17.8. The molecule has 0 spiro atoms. The zero-order chi connectivity index (χ0) is 16.5. The molecule has 3 aromatic rings. The average Bonchev–Trinajstić information content (AvgIpc) is 3.15. The number of imidazole rings is 1. The lowest BCUT2D eigenvalue weighted by Gasteiger charge is -2.16. The molecule has 0 radical (unpaired) electrons. The number of rotatable bonds is 4. The van der Waals surface area contributed by atoms with Crippen LogP contribution in [0.2, 0.25) is 0 Å². The van der Waals surface area contributed by atoms with E-state index in [0.29, 0.717) is 6.42 Å². The molecular formula is C20H21N3O. The fourth-order valence-electron chi connectivity index (χ4n) is 3.60. The largest absolute Gasteiger partial charge is 0.342 e. The van der Waals surface area contributed by atoms with Crippen LogP contribution in [-0.2, 0) is 18.3 Å². The first-order valence-corrected chi connectivity index (χ1v) is 8.45. The first-order chi connectivity index (χ1) is 11.7. The number of aromatic nitrogens is 2. The molecule has 1 aliphatic rings. The quantitative estimate of drug-likeness (QED) is 0.741. The van der Waals surface area contributed by atoms with Crippen molar-refractivity contribution in [3.8, 4) is 0 Å². The number of hydrogen-bond acceptors (Lipinski definition) is 2. The Morgan fingerprint density at radius 3 is 2.62 bits per heavy atom. The molecule has 0 N–H and O–H groups in total. The minimum absolute atomic E-state index is 0.186. The fourth-order valence-corrected chi connectivity index (χ4v) is 3.60. The standard InChI is InChI=1S/C20H21N3O/c1-22-18-10-6-5-9-17(18)21-20(22)16-13-19(24)23(14-16)12-11-15-7-3-2-4-8-15/h2-10,16H,11-14H2,1H3. The van der Waals surface area contributed by atoms with Crippen LogP contribution in [-0.4, -0.2) is 33.4 Å². The van der Waals surface area contributed by atoms with Gasteiger partial charge in [0.05, 0.1) is 11.0 Å². The van der Waals surface area contributed by atoms with E-state index in [2.05, 4.69) is 22.8 Å². The summed E-state index contributed by atoms with van der Waals surface area (Å²) < 4.78 is 2.13. The van der Waals surface area contributed by atoms with Crippen molar-refractivity contribution in [3.05, 3.63) is 66.0 Å². The van der Waals surface area contributed by atoms with Crippen LogP contribution in [0.25, 0.3) is 11.0 Å². The SMILES string of the molecule is Cn1c(C2CC(=O)N(CCc3ccccc3)C2)nc2ccccc21. The second kappa shape index (κ2) is 6.11. The number of carbonyl (C=O) groups excluding carboxylic acids is 1. The minimum Gasteiger partial charge on any atom is -0.342 e. The van der Waals surface area contributed by atoms with Gasteiger partial charge in [-0.2, -0.15) is 0 Å². The minimum atomic E-state index is 0.186. The smallest absolute Gasteiger partial charge is 0.223 e. The molecule has 0 bridgehead atoms. The van der Waals surface area contributed by atoms with E-state index in [0.717, 1.165) is 36.4 Å². The second-order valence-corrected chi connectivity index (χ2v) is 6.49. The summed E-state index contributed by atoms with van der Waals surface area (Å²) in [6, 6.07) is 18.5. The molecule has 1 atom stereocenters. The van der Waals surface area contributed by atoms with Gasteiger partial charge in [0.2, 0.25) is 5.91 Å². The monoisotopic (exact) mass is 319 g/mol. The van der Waals surface area contributed by atoms with Crippen molar-refractivity contribution in [3.63, 3.8) is 0 Å². The van der Waals surface area contributed by atoms with Crippen molar-refractivity contribution < 1.29 is 4.79 Å². The highest BCUT2D eigenvalue weighted by atomic mass is 16.2. The van der Waals surface area contributed by atoms with Crippen molar-refractivity contribution in [2.45, 2.75) is 18.8 Å². The van der Waals surface area contributed by atoms with Gasteiger partial charge in [0, 0.05) is 32.5 Å². The third-order valence-corrected chi connectivity index (χ3v) is 4.91. The molecule has 2 heterocycles. The van der Waals surface area contributed by atoms with Gasteiger partial charge in [-0.3, -0.25) is 4.79 Å². The molecule has 0 aliphatic carbocycles. The Morgan fingerprint density at radius 1 is 1.08 bits per heavy atom. The summed E-state index contributed by atoms with van der Waals surface area (Å²) in [6.45, 7) is 1.55. The summed E-state index contributed by atoms with van der Waals surface area (Å²) in [4.78, 5) is 19.1. The van der Waals surface area contributed by atoms with E-state index >= 15 is 0 Å². The van der Waals surface area contributed by atoms with Gasteiger partial charge in [0.25, 0.3) is 0 Å². The van der Waals surface area contributed by atoms with E-state index in [1.165, 1.54) is 5.56 Å². The Labute approximate surface area is 141 Å². The summed E-state index contributed by atoms with van der Waals surface area (Å²) in [7, 11) is 2.04. The maximum Gasteiger partial charge on any atom is 0.223 e. The van der Waals surface area contributed by atoms with Gasteiger partial charge in [0.1, 0.15) is 5.82 Å². The van der Waals surface area contributed by atoms with Crippen molar-refractivity contribution >= 4 is 16.9 Å². The Morgan fingerprint density at radius 2 is 1.83 bits per heavy atom. The van der Waals surface area contributed by atoms with Crippen LogP contribution in [0, 0.1) is 0 Å². The van der Waals surface area contributed by atoms with Crippen molar-refractivity contribution in [1.82, 2.24) is 14.5 Å². The molecule has 24 heavy (non-hydrogen) atoms. The van der Waals surface area contributed by atoms with Gasteiger partial charge in [0.15, 0.2) is 0 Å². The molecule has 4 rings (SSSR count). The lowest BCUT2D eigenvalue weighted by Crippen LogP contribution is -2.27. The predicted octanol–water partition coefficient (Wildman–Crippen LogP) is 3.13.